The van der Waals surface area contributed by atoms with Crippen LogP contribution in [0.15, 0.2) is 37.0 Å². The minimum atomic E-state index is 0.969. The Morgan fingerprint density at radius 3 is 2.33 bits per heavy atom. The summed E-state index contributed by atoms with van der Waals surface area (Å²) in [6.07, 6.45) is 3.91. The lowest BCUT2D eigenvalue weighted by atomic mass is 10.1. The van der Waals surface area contributed by atoms with E-state index in [4.69, 9.17) is 0 Å². The summed E-state index contributed by atoms with van der Waals surface area (Å²) < 4.78 is 0. The zero-order valence-corrected chi connectivity index (χ0v) is 6.11. The van der Waals surface area contributed by atoms with E-state index in [9.17, 15) is 0 Å². The van der Waals surface area contributed by atoms with E-state index in [0.717, 1.165) is 24.0 Å². The maximum absolute atomic E-state index is 3.84. The van der Waals surface area contributed by atoms with Gasteiger partial charge in [0, 0.05) is 0 Å². The zero-order chi connectivity index (χ0) is 7.28. The normalized spacial score (nSPS) is 8.56. The van der Waals surface area contributed by atoms with E-state index < -0.39 is 0 Å². The molecule has 0 aromatic heterocycles. The van der Waals surface area contributed by atoms with Crippen LogP contribution in [0.4, 0.5) is 0 Å². The highest BCUT2D eigenvalue weighted by Crippen LogP contribution is 2.11. The van der Waals surface area contributed by atoms with Gasteiger partial charge in [-0.15, -0.1) is 0 Å². The van der Waals surface area contributed by atoms with Crippen LogP contribution in [0.5, 0.6) is 0 Å². The predicted octanol–water partition coefficient (Wildman–Crippen LogP) is 3.08. The fourth-order valence-corrected chi connectivity index (χ4v) is 0.607. The molecule has 0 radical (unpaired) electrons. The zero-order valence-electron chi connectivity index (χ0n) is 6.11. The average molecular weight is 122 g/mol. The minimum Gasteiger partial charge on any atom is -0.0985 e. The number of hydrogen-bond acceptors (Lipinski definition) is 0. The molecule has 0 heteroatoms. The quantitative estimate of drug-likeness (QED) is 0.503. The Balaban J connectivity index is 3.73. The van der Waals surface area contributed by atoms with Crippen LogP contribution >= 0.6 is 0 Å². The molecule has 0 fully saturated rings. The van der Waals surface area contributed by atoms with Gasteiger partial charge in [0.1, 0.15) is 0 Å². The van der Waals surface area contributed by atoms with Crippen molar-refractivity contribution >= 4 is 0 Å². The molecule has 0 rings (SSSR count). The standard InChI is InChI=1S/C9H14/c1-5-7-9(4)8(3)6-2/h6H,2-5,7H2,1H3. The van der Waals surface area contributed by atoms with Crippen molar-refractivity contribution in [2.45, 2.75) is 19.8 Å². The van der Waals surface area contributed by atoms with Crippen molar-refractivity contribution in [1.29, 1.82) is 0 Å². The maximum Gasteiger partial charge on any atom is -0.0282 e. The third-order valence-electron chi connectivity index (χ3n) is 1.25. The number of rotatable bonds is 4. The largest absolute Gasteiger partial charge is 0.0985 e. The van der Waals surface area contributed by atoms with Crippen molar-refractivity contribution in [1.82, 2.24) is 0 Å². The van der Waals surface area contributed by atoms with Gasteiger partial charge in [0.05, 0.1) is 0 Å². The molecular formula is C9H14. The molecular weight excluding hydrogens is 108 g/mol. The van der Waals surface area contributed by atoms with Crippen molar-refractivity contribution in [2.75, 3.05) is 0 Å². The van der Waals surface area contributed by atoms with E-state index in [0.29, 0.717) is 0 Å². The lowest BCUT2D eigenvalue weighted by Gasteiger charge is -2.00. The lowest BCUT2D eigenvalue weighted by Crippen LogP contribution is -1.80. The summed E-state index contributed by atoms with van der Waals surface area (Å²) in [6.45, 7) is 13.3. The fraction of sp³-hybridized carbons (Fsp3) is 0.333. The molecule has 0 saturated heterocycles. The van der Waals surface area contributed by atoms with Gasteiger partial charge in [-0.1, -0.05) is 39.2 Å². The first kappa shape index (κ1) is 8.22. The van der Waals surface area contributed by atoms with Crippen LogP contribution in [0.3, 0.4) is 0 Å². The first-order valence-electron chi connectivity index (χ1n) is 3.21. The molecule has 50 valence electrons. The van der Waals surface area contributed by atoms with Gasteiger partial charge in [-0.3, -0.25) is 0 Å². The van der Waals surface area contributed by atoms with Crippen molar-refractivity contribution in [3.63, 3.8) is 0 Å². The van der Waals surface area contributed by atoms with E-state index >= 15 is 0 Å². The van der Waals surface area contributed by atoms with Gasteiger partial charge >= 0.3 is 0 Å². The Kier molecular flexibility index (Phi) is 3.78. The van der Waals surface area contributed by atoms with Gasteiger partial charge in [-0.2, -0.15) is 0 Å². The fourth-order valence-electron chi connectivity index (χ4n) is 0.607. The summed E-state index contributed by atoms with van der Waals surface area (Å²) >= 11 is 0. The van der Waals surface area contributed by atoms with Crippen molar-refractivity contribution < 1.29 is 0 Å². The van der Waals surface area contributed by atoms with E-state index in [2.05, 4.69) is 26.7 Å². The molecule has 0 nitrogen and oxygen atoms in total. The first-order chi connectivity index (χ1) is 4.22. The molecule has 0 aliphatic heterocycles. The Bertz CT molecular complexity index is 129. The number of hydrogen-bond donors (Lipinski definition) is 0. The Morgan fingerprint density at radius 1 is 1.44 bits per heavy atom. The Hall–Kier alpha value is -0.780. The van der Waals surface area contributed by atoms with Gasteiger partial charge in [-0.05, 0) is 17.6 Å². The highest BCUT2D eigenvalue weighted by atomic mass is 14.0. The van der Waals surface area contributed by atoms with Gasteiger partial charge in [0.2, 0.25) is 0 Å². The Labute approximate surface area is 57.6 Å². The summed E-state index contributed by atoms with van der Waals surface area (Å²) in [4.78, 5) is 0. The molecule has 0 aromatic rings. The molecule has 0 amide bonds. The third kappa shape index (κ3) is 2.91. The van der Waals surface area contributed by atoms with Gasteiger partial charge < -0.3 is 0 Å². The average Bonchev–Trinajstić information content (AvgIpc) is 1.87. The second-order valence-corrected chi connectivity index (χ2v) is 2.08. The molecule has 0 spiro atoms. The Morgan fingerprint density at radius 2 is 2.00 bits per heavy atom. The van der Waals surface area contributed by atoms with E-state index in [-0.39, 0.29) is 0 Å². The topological polar surface area (TPSA) is 0 Å². The maximum atomic E-state index is 3.84. The second-order valence-electron chi connectivity index (χ2n) is 2.08. The van der Waals surface area contributed by atoms with Crippen LogP contribution in [0, 0.1) is 0 Å². The SMILES string of the molecule is C=CC(=C)C(=C)CCC. The third-order valence-corrected chi connectivity index (χ3v) is 1.25. The molecule has 0 aliphatic carbocycles. The molecule has 0 aliphatic rings. The molecule has 0 heterocycles. The van der Waals surface area contributed by atoms with E-state index in [1.165, 1.54) is 0 Å². The van der Waals surface area contributed by atoms with Crippen LogP contribution in [0.1, 0.15) is 19.8 Å². The van der Waals surface area contributed by atoms with E-state index in [1.54, 1.807) is 6.08 Å². The molecule has 0 N–H and O–H groups in total. The highest BCUT2D eigenvalue weighted by molar-refractivity contribution is 5.33. The second kappa shape index (κ2) is 4.13. The van der Waals surface area contributed by atoms with Crippen molar-refractivity contribution in [3.05, 3.63) is 37.0 Å². The molecule has 9 heavy (non-hydrogen) atoms. The van der Waals surface area contributed by atoms with Gasteiger partial charge in [0.25, 0.3) is 0 Å². The van der Waals surface area contributed by atoms with Gasteiger partial charge in [0.15, 0.2) is 0 Å². The van der Waals surface area contributed by atoms with Crippen LogP contribution in [-0.4, -0.2) is 0 Å². The predicted molar refractivity (Wildman–Crippen MR) is 43.4 cm³/mol. The first-order valence-corrected chi connectivity index (χ1v) is 3.21. The highest BCUT2D eigenvalue weighted by Gasteiger charge is 1.91. The number of allylic oxidation sites excluding steroid dienone is 3. The van der Waals surface area contributed by atoms with Gasteiger partial charge in [-0.25, -0.2) is 0 Å². The van der Waals surface area contributed by atoms with Crippen molar-refractivity contribution in [3.8, 4) is 0 Å². The van der Waals surface area contributed by atoms with Crippen LogP contribution in [0.25, 0.3) is 0 Å². The monoisotopic (exact) mass is 122 g/mol. The minimum absolute atomic E-state index is 0.969. The summed E-state index contributed by atoms with van der Waals surface area (Å²) in [7, 11) is 0. The van der Waals surface area contributed by atoms with Crippen LogP contribution in [0.2, 0.25) is 0 Å². The molecule has 0 atom stereocenters. The summed E-state index contributed by atoms with van der Waals surface area (Å²) in [5.41, 5.74) is 2.07. The van der Waals surface area contributed by atoms with Crippen molar-refractivity contribution in [2.24, 2.45) is 0 Å². The molecule has 0 bridgehead atoms. The lowest BCUT2D eigenvalue weighted by molar-refractivity contribution is 0.922. The summed E-state index contributed by atoms with van der Waals surface area (Å²) in [6, 6.07) is 0. The molecule has 0 saturated carbocycles. The van der Waals surface area contributed by atoms with Crippen LogP contribution < -0.4 is 0 Å². The van der Waals surface area contributed by atoms with E-state index in [1.807, 2.05) is 0 Å². The summed E-state index contributed by atoms with van der Waals surface area (Å²) in [5.74, 6) is 0. The summed E-state index contributed by atoms with van der Waals surface area (Å²) in [5, 5.41) is 0. The molecule has 0 aromatic carbocycles. The van der Waals surface area contributed by atoms with Crippen LogP contribution in [-0.2, 0) is 0 Å². The molecule has 0 unspecified atom stereocenters. The smallest absolute Gasteiger partial charge is 0.0282 e.